The number of aliphatic hydroxyl groups is 1. The Morgan fingerprint density at radius 1 is 1.40 bits per heavy atom. The SMILES string of the molecule is Cc1cc(Br)c(C(O)c2ccc(Br)o2)s1. The van der Waals surface area contributed by atoms with E-state index >= 15 is 0 Å². The van der Waals surface area contributed by atoms with Crippen molar-refractivity contribution in [1.29, 1.82) is 0 Å². The van der Waals surface area contributed by atoms with Gasteiger partial charge in [0.25, 0.3) is 0 Å². The predicted octanol–water partition coefficient (Wildman–Crippen LogP) is 4.26. The lowest BCUT2D eigenvalue weighted by Crippen LogP contribution is -1.95. The van der Waals surface area contributed by atoms with Gasteiger partial charge in [-0.05, 0) is 57.0 Å². The van der Waals surface area contributed by atoms with Crippen molar-refractivity contribution in [3.8, 4) is 0 Å². The highest BCUT2D eigenvalue weighted by Crippen LogP contribution is 2.36. The Bertz CT molecular complexity index is 475. The Morgan fingerprint density at radius 2 is 2.13 bits per heavy atom. The molecule has 2 heterocycles. The van der Waals surface area contributed by atoms with E-state index in [1.807, 2.05) is 13.0 Å². The molecular weight excluding hydrogens is 344 g/mol. The molecule has 0 amide bonds. The molecule has 0 aliphatic rings. The molecule has 15 heavy (non-hydrogen) atoms. The Balaban J connectivity index is 2.35. The summed E-state index contributed by atoms with van der Waals surface area (Å²) in [5.74, 6) is 0.546. The Kier molecular flexibility index (Phi) is 3.35. The zero-order chi connectivity index (χ0) is 11.0. The van der Waals surface area contributed by atoms with Crippen molar-refractivity contribution in [2.45, 2.75) is 13.0 Å². The molecule has 0 saturated carbocycles. The van der Waals surface area contributed by atoms with Crippen molar-refractivity contribution in [2.24, 2.45) is 0 Å². The van der Waals surface area contributed by atoms with Gasteiger partial charge >= 0.3 is 0 Å². The number of hydrogen-bond donors (Lipinski definition) is 1. The summed E-state index contributed by atoms with van der Waals surface area (Å²) in [6.07, 6.45) is -0.704. The third-order valence-corrected chi connectivity index (χ3v) is 4.40. The minimum Gasteiger partial charge on any atom is -0.451 e. The Hall–Kier alpha value is -0.100. The van der Waals surface area contributed by atoms with Crippen LogP contribution in [0.1, 0.15) is 21.6 Å². The van der Waals surface area contributed by atoms with Gasteiger partial charge in [-0.15, -0.1) is 11.3 Å². The number of halogens is 2. The molecule has 80 valence electrons. The first-order chi connectivity index (χ1) is 7.08. The molecule has 0 saturated heterocycles. The predicted molar refractivity (Wildman–Crippen MR) is 67.2 cm³/mol. The fourth-order valence-corrected chi connectivity index (χ4v) is 3.47. The highest BCUT2D eigenvalue weighted by atomic mass is 79.9. The molecule has 1 unspecified atom stereocenters. The summed E-state index contributed by atoms with van der Waals surface area (Å²) in [4.78, 5) is 2.02. The first-order valence-electron chi connectivity index (χ1n) is 4.27. The van der Waals surface area contributed by atoms with Crippen molar-refractivity contribution < 1.29 is 9.52 Å². The first-order valence-corrected chi connectivity index (χ1v) is 6.67. The Labute approximate surface area is 108 Å². The smallest absolute Gasteiger partial charge is 0.169 e. The standard InChI is InChI=1S/C10H8Br2O2S/c1-5-4-6(11)10(15-5)9(13)7-2-3-8(12)14-7/h2-4,9,13H,1H3. The molecular formula is C10H8Br2O2S. The third kappa shape index (κ3) is 2.36. The second kappa shape index (κ2) is 4.41. The second-order valence-corrected chi connectivity index (χ2v) is 6.04. The van der Waals surface area contributed by atoms with E-state index in [9.17, 15) is 5.11 Å². The van der Waals surface area contributed by atoms with Crippen LogP contribution in [0.15, 0.2) is 31.8 Å². The van der Waals surface area contributed by atoms with E-state index in [1.165, 1.54) is 0 Å². The van der Waals surface area contributed by atoms with Gasteiger partial charge < -0.3 is 9.52 Å². The van der Waals surface area contributed by atoms with Crippen molar-refractivity contribution in [2.75, 3.05) is 0 Å². The molecule has 0 fully saturated rings. The number of rotatable bonds is 2. The van der Waals surface area contributed by atoms with Crippen LogP contribution in [-0.2, 0) is 0 Å². The zero-order valence-corrected chi connectivity index (χ0v) is 11.8. The molecule has 0 aliphatic carbocycles. The van der Waals surface area contributed by atoms with Gasteiger partial charge in [0, 0.05) is 9.35 Å². The monoisotopic (exact) mass is 350 g/mol. The van der Waals surface area contributed by atoms with Crippen LogP contribution in [0.3, 0.4) is 0 Å². The number of thiophene rings is 1. The average Bonchev–Trinajstić information content (AvgIpc) is 2.71. The van der Waals surface area contributed by atoms with Gasteiger partial charge in [0.2, 0.25) is 0 Å². The summed E-state index contributed by atoms with van der Waals surface area (Å²) >= 11 is 8.18. The van der Waals surface area contributed by atoms with E-state index in [0.29, 0.717) is 10.4 Å². The third-order valence-electron chi connectivity index (χ3n) is 1.95. The highest BCUT2D eigenvalue weighted by molar-refractivity contribution is 9.10. The summed E-state index contributed by atoms with van der Waals surface area (Å²) in [5.41, 5.74) is 0. The molecule has 1 atom stereocenters. The van der Waals surface area contributed by atoms with Crippen LogP contribution in [0, 0.1) is 6.92 Å². The number of aliphatic hydroxyl groups excluding tert-OH is 1. The van der Waals surface area contributed by atoms with Crippen LogP contribution in [0.5, 0.6) is 0 Å². The molecule has 2 aromatic heterocycles. The van der Waals surface area contributed by atoms with Gasteiger partial charge in [-0.2, -0.15) is 0 Å². The number of aryl methyl sites for hydroxylation is 1. The lowest BCUT2D eigenvalue weighted by molar-refractivity contribution is 0.190. The van der Waals surface area contributed by atoms with Gasteiger partial charge in [0.15, 0.2) is 4.67 Å². The van der Waals surface area contributed by atoms with Crippen LogP contribution in [-0.4, -0.2) is 5.11 Å². The molecule has 2 nitrogen and oxygen atoms in total. The topological polar surface area (TPSA) is 33.4 Å². The molecule has 0 bridgehead atoms. The minimum atomic E-state index is -0.704. The van der Waals surface area contributed by atoms with E-state index in [1.54, 1.807) is 23.5 Å². The fraction of sp³-hybridized carbons (Fsp3) is 0.200. The summed E-state index contributed by atoms with van der Waals surface area (Å²) in [7, 11) is 0. The lowest BCUT2D eigenvalue weighted by atomic mass is 10.2. The van der Waals surface area contributed by atoms with Crippen LogP contribution in [0.2, 0.25) is 0 Å². The summed E-state index contributed by atoms with van der Waals surface area (Å²) in [5, 5.41) is 10.1. The fourth-order valence-electron chi connectivity index (χ4n) is 1.29. The average molecular weight is 352 g/mol. The molecule has 0 radical (unpaired) electrons. The quantitative estimate of drug-likeness (QED) is 0.877. The lowest BCUT2D eigenvalue weighted by Gasteiger charge is -2.05. The van der Waals surface area contributed by atoms with Crippen LogP contribution < -0.4 is 0 Å². The maximum absolute atomic E-state index is 10.1. The Morgan fingerprint density at radius 3 is 2.60 bits per heavy atom. The van der Waals surface area contributed by atoms with E-state index in [4.69, 9.17) is 4.42 Å². The molecule has 0 aliphatic heterocycles. The number of furan rings is 1. The van der Waals surface area contributed by atoms with Crippen LogP contribution >= 0.6 is 43.2 Å². The molecule has 1 N–H and O–H groups in total. The first kappa shape index (κ1) is 11.4. The maximum Gasteiger partial charge on any atom is 0.169 e. The molecule has 2 rings (SSSR count). The summed E-state index contributed by atoms with van der Waals surface area (Å²) < 4.78 is 6.86. The van der Waals surface area contributed by atoms with E-state index in [0.717, 1.165) is 14.2 Å². The van der Waals surface area contributed by atoms with E-state index in [2.05, 4.69) is 31.9 Å². The van der Waals surface area contributed by atoms with Crippen molar-refractivity contribution in [3.05, 3.63) is 42.9 Å². The van der Waals surface area contributed by atoms with Gasteiger partial charge in [0.1, 0.15) is 11.9 Å². The molecule has 2 aromatic rings. The highest BCUT2D eigenvalue weighted by Gasteiger charge is 2.19. The molecule has 0 spiro atoms. The summed E-state index contributed by atoms with van der Waals surface area (Å²) in [6, 6.07) is 5.52. The van der Waals surface area contributed by atoms with Crippen molar-refractivity contribution in [1.82, 2.24) is 0 Å². The van der Waals surface area contributed by atoms with Crippen molar-refractivity contribution in [3.63, 3.8) is 0 Å². The van der Waals surface area contributed by atoms with Gasteiger partial charge in [-0.1, -0.05) is 0 Å². The van der Waals surface area contributed by atoms with Crippen LogP contribution in [0.4, 0.5) is 0 Å². The van der Waals surface area contributed by atoms with Crippen molar-refractivity contribution >= 4 is 43.2 Å². The molecule has 0 aromatic carbocycles. The molecule has 5 heteroatoms. The normalized spacial score (nSPS) is 13.1. The summed E-state index contributed by atoms with van der Waals surface area (Å²) in [6.45, 7) is 2.00. The van der Waals surface area contributed by atoms with Gasteiger partial charge in [-0.3, -0.25) is 0 Å². The van der Waals surface area contributed by atoms with Gasteiger partial charge in [-0.25, -0.2) is 0 Å². The number of hydrogen-bond acceptors (Lipinski definition) is 3. The van der Waals surface area contributed by atoms with Gasteiger partial charge in [0.05, 0.1) is 4.88 Å². The van der Waals surface area contributed by atoms with E-state index in [-0.39, 0.29) is 0 Å². The van der Waals surface area contributed by atoms with Crippen LogP contribution in [0.25, 0.3) is 0 Å². The largest absolute Gasteiger partial charge is 0.451 e. The van der Waals surface area contributed by atoms with E-state index < -0.39 is 6.10 Å². The maximum atomic E-state index is 10.1. The minimum absolute atomic E-state index is 0.546. The zero-order valence-electron chi connectivity index (χ0n) is 7.83. The second-order valence-electron chi connectivity index (χ2n) is 3.11.